The number of carbonyl (C=O) groups is 4. The molecule has 3 rings (SSSR count). The second kappa shape index (κ2) is 9.55. The molecule has 1 aliphatic heterocycles. The molecule has 0 aromatic heterocycles. The molecule has 2 aromatic rings. The summed E-state index contributed by atoms with van der Waals surface area (Å²) in [5, 5.41) is 2.90. The Morgan fingerprint density at radius 2 is 1.45 bits per heavy atom. The highest BCUT2D eigenvalue weighted by atomic mass is 16.5. The fourth-order valence-electron chi connectivity index (χ4n) is 3.59. The zero-order valence-corrected chi connectivity index (χ0v) is 17.8. The van der Waals surface area contributed by atoms with Crippen molar-refractivity contribution in [3.8, 4) is 0 Å². The Kier molecular flexibility index (Phi) is 6.84. The zero-order valence-electron chi connectivity index (χ0n) is 17.8. The number of hydrogen-bond acceptors (Lipinski definition) is 5. The van der Waals surface area contributed by atoms with E-state index < -0.39 is 36.3 Å². The molecule has 0 saturated carbocycles. The van der Waals surface area contributed by atoms with E-state index >= 15 is 0 Å². The van der Waals surface area contributed by atoms with Crippen LogP contribution in [0.5, 0.6) is 0 Å². The standard InChI is InChI=1S/C24H26N2O5/c1-15(2)13-20(17-9-5-4-6-10-17)25-21(27)14-31-24(30)16(3)26-22(28)18-11-7-8-12-19(18)23(26)29/h4-12,15-16,20H,13-14H2,1-3H3,(H,25,27)/t16-,20+/m0/s1. The molecule has 2 aromatic carbocycles. The molecule has 0 fully saturated rings. The number of esters is 1. The Bertz CT molecular complexity index is 951. The van der Waals surface area contributed by atoms with E-state index in [-0.39, 0.29) is 17.2 Å². The average Bonchev–Trinajstić information content (AvgIpc) is 3.01. The number of imide groups is 1. The van der Waals surface area contributed by atoms with E-state index in [9.17, 15) is 19.2 Å². The van der Waals surface area contributed by atoms with E-state index in [2.05, 4.69) is 19.2 Å². The smallest absolute Gasteiger partial charge is 0.329 e. The number of rotatable bonds is 8. The van der Waals surface area contributed by atoms with Crippen LogP contribution in [0.3, 0.4) is 0 Å². The van der Waals surface area contributed by atoms with Gasteiger partial charge >= 0.3 is 5.97 Å². The molecule has 0 aliphatic carbocycles. The summed E-state index contributed by atoms with van der Waals surface area (Å²) < 4.78 is 5.12. The lowest BCUT2D eigenvalue weighted by Gasteiger charge is -2.23. The van der Waals surface area contributed by atoms with Gasteiger partial charge < -0.3 is 10.1 Å². The van der Waals surface area contributed by atoms with Crippen molar-refractivity contribution in [1.82, 2.24) is 10.2 Å². The molecule has 2 atom stereocenters. The Morgan fingerprint density at radius 3 is 2.00 bits per heavy atom. The van der Waals surface area contributed by atoms with Gasteiger partial charge in [0.2, 0.25) is 0 Å². The number of carbonyl (C=O) groups excluding carboxylic acids is 4. The molecule has 1 heterocycles. The van der Waals surface area contributed by atoms with Crippen molar-refractivity contribution in [2.45, 2.75) is 39.3 Å². The second-order valence-corrected chi connectivity index (χ2v) is 7.97. The van der Waals surface area contributed by atoms with Crippen molar-refractivity contribution in [3.05, 3.63) is 71.3 Å². The van der Waals surface area contributed by atoms with Crippen LogP contribution in [0.15, 0.2) is 54.6 Å². The van der Waals surface area contributed by atoms with Crippen LogP contribution in [-0.4, -0.2) is 41.2 Å². The minimum absolute atomic E-state index is 0.207. The Labute approximate surface area is 181 Å². The maximum absolute atomic E-state index is 12.5. The lowest BCUT2D eigenvalue weighted by Crippen LogP contribution is -2.44. The van der Waals surface area contributed by atoms with Crippen LogP contribution in [-0.2, 0) is 14.3 Å². The lowest BCUT2D eigenvalue weighted by atomic mass is 9.97. The van der Waals surface area contributed by atoms with Gasteiger partial charge in [-0.25, -0.2) is 4.79 Å². The van der Waals surface area contributed by atoms with E-state index in [1.807, 2.05) is 30.3 Å². The van der Waals surface area contributed by atoms with Gasteiger partial charge in [-0.2, -0.15) is 0 Å². The SMILES string of the molecule is CC(C)C[C@@H](NC(=O)COC(=O)[C@H](C)N1C(=O)c2ccccc2C1=O)c1ccccc1. The first-order chi connectivity index (χ1) is 14.8. The number of amides is 3. The highest BCUT2D eigenvalue weighted by Gasteiger charge is 2.41. The Balaban J connectivity index is 1.59. The molecule has 0 unspecified atom stereocenters. The van der Waals surface area contributed by atoms with Crippen LogP contribution in [0.25, 0.3) is 0 Å². The molecule has 7 nitrogen and oxygen atoms in total. The van der Waals surface area contributed by atoms with Crippen LogP contribution < -0.4 is 5.32 Å². The topological polar surface area (TPSA) is 92.8 Å². The third-order valence-corrected chi connectivity index (χ3v) is 5.14. The fourth-order valence-corrected chi connectivity index (χ4v) is 3.59. The molecule has 7 heteroatoms. The molecule has 0 radical (unpaired) electrons. The van der Waals surface area contributed by atoms with Gasteiger partial charge in [-0.3, -0.25) is 19.3 Å². The second-order valence-electron chi connectivity index (χ2n) is 7.97. The summed E-state index contributed by atoms with van der Waals surface area (Å²) in [5.74, 6) is -2.00. The van der Waals surface area contributed by atoms with Crippen LogP contribution in [0.2, 0.25) is 0 Å². The number of ether oxygens (including phenoxy) is 1. The normalized spacial score (nSPS) is 14.9. The van der Waals surface area contributed by atoms with Crippen molar-refractivity contribution < 1.29 is 23.9 Å². The molecule has 1 N–H and O–H groups in total. The number of nitrogens with one attached hydrogen (secondary N) is 1. The van der Waals surface area contributed by atoms with Crippen LogP contribution in [0, 0.1) is 5.92 Å². The average molecular weight is 422 g/mol. The summed E-state index contributed by atoms with van der Waals surface area (Å²) in [4.78, 5) is 50.8. The molecule has 162 valence electrons. The highest BCUT2D eigenvalue weighted by Crippen LogP contribution is 2.25. The Morgan fingerprint density at radius 1 is 0.903 bits per heavy atom. The van der Waals surface area contributed by atoms with Gasteiger partial charge in [-0.05, 0) is 37.0 Å². The van der Waals surface area contributed by atoms with Gasteiger partial charge in [0, 0.05) is 0 Å². The number of fused-ring (bicyclic) bond motifs is 1. The van der Waals surface area contributed by atoms with E-state index in [1.54, 1.807) is 24.3 Å². The molecule has 0 spiro atoms. The van der Waals surface area contributed by atoms with Crippen molar-refractivity contribution in [1.29, 1.82) is 0 Å². The van der Waals surface area contributed by atoms with Gasteiger partial charge in [-0.1, -0.05) is 56.3 Å². The monoisotopic (exact) mass is 422 g/mol. The maximum Gasteiger partial charge on any atom is 0.329 e. The molecule has 31 heavy (non-hydrogen) atoms. The van der Waals surface area contributed by atoms with Crippen molar-refractivity contribution in [2.24, 2.45) is 5.92 Å². The summed E-state index contributed by atoms with van der Waals surface area (Å²) in [6.07, 6.45) is 0.731. The highest BCUT2D eigenvalue weighted by molar-refractivity contribution is 6.22. The first-order valence-electron chi connectivity index (χ1n) is 10.3. The van der Waals surface area contributed by atoms with E-state index in [0.29, 0.717) is 5.92 Å². The first kappa shape index (κ1) is 22.2. The fraction of sp³-hybridized carbons (Fsp3) is 0.333. The van der Waals surface area contributed by atoms with E-state index in [4.69, 9.17) is 4.74 Å². The minimum atomic E-state index is -1.14. The summed E-state index contributed by atoms with van der Waals surface area (Å²) in [7, 11) is 0. The zero-order chi connectivity index (χ0) is 22.5. The van der Waals surface area contributed by atoms with Gasteiger partial charge in [-0.15, -0.1) is 0 Å². The van der Waals surface area contributed by atoms with Gasteiger partial charge in [0.25, 0.3) is 17.7 Å². The van der Waals surface area contributed by atoms with Crippen LogP contribution in [0.1, 0.15) is 59.5 Å². The molecule has 1 aliphatic rings. The quantitative estimate of drug-likeness (QED) is 0.521. The van der Waals surface area contributed by atoms with E-state index in [1.165, 1.54) is 6.92 Å². The van der Waals surface area contributed by atoms with Gasteiger partial charge in [0.15, 0.2) is 6.61 Å². The number of hydrogen-bond donors (Lipinski definition) is 1. The summed E-state index contributed by atoms with van der Waals surface area (Å²) in [6.45, 7) is 5.04. The minimum Gasteiger partial charge on any atom is -0.454 e. The molecular formula is C24H26N2O5. The number of nitrogens with zero attached hydrogens (tertiary/aromatic N) is 1. The third-order valence-electron chi connectivity index (χ3n) is 5.14. The number of benzene rings is 2. The van der Waals surface area contributed by atoms with Crippen molar-refractivity contribution >= 4 is 23.7 Å². The van der Waals surface area contributed by atoms with Gasteiger partial charge in [0.1, 0.15) is 6.04 Å². The Hall–Kier alpha value is -3.48. The molecular weight excluding hydrogens is 396 g/mol. The molecule has 0 saturated heterocycles. The molecule has 0 bridgehead atoms. The van der Waals surface area contributed by atoms with Gasteiger partial charge in [0.05, 0.1) is 17.2 Å². The summed E-state index contributed by atoms with van der Waals surface area (Å²) in [6, 6.07) is 14.6. The van der Waals surface area contributed by atoms with Crippen LogP contribution in [0.4, 0.5) is 0 Å². The third kappa shape index (κ3) is 4.99. The van der Waals surface area contributed by atoms with E-state index in [0.717, 1.165) is 16.9 Å². The summed E-state index contributed by atoms with van der Waals surface area (Å²) in [5.41, 5.74) is 1.48. The lowest BCUT2D eigenvalue weighted by molar-refractivity contribution is -0.152. The largest absolute Gasteiger partial charge is 0.454 e. The first-order valence-corrected chi connectivity index (χ1v) is 10.3. The molecule has 3 amide bonds. The maximum atomic E-state index is 12.5. The predicted octanol–water partition coefficient (Wildman–Crippen LogP) is 3.12. The van der Waals surface area contributed by atoms with Crippen molar-refractivity contribution in [2.75, 3.05) is 6.61 Å². The van der Waals surface area contributed by atoms with Crippen LogP contribution >= 0.6 is 0 Å². The predicted molar refractivity (Wildman–Crippen MR) is 114 cm³/mol. The summed E-state index contributed by atoms with van der Waals surface area (Å²) >= 11 is 0. The van der Waals surface area contributed by atoms with Crippen molar-refractivity contribution in [3.63, 3.8) is 0 Å².